The molecule has 1 saturated carbocycles. The molecule has 1 aliphatic rings. The molecule has 0 aliphatic heterocycles. The highest BCUT2D eigenvalue weighted by Crippen LogP contribution is 2.34. The number of carbonyl (C=O) groups excluding carboxylic acids is 1. The van der Waals surface area contributed by atoms with Crippen LogP contribution in [0.15, 0.2) is 18.2 Å². The molecule has 0 spiro atoms. The van der Waals surface area contributed by atoms with Crippen LogP contribution in [0, 0.1) is 5.92 Å². The normalized spacial score (nSPS) is 19.0. The van der Waals surface area contributed by atoms with E-state index in [4.69, 9.17) is 23.2 Å². The predicted octanol–water partition coefficient (Wildman–Crippen LogP) is 4.58. The van der Waals surface area contributed by atoms with Crippen molar-refractivity contribution in [3.8, 4) is 0 Å². The van der Waals surface area contributed by atoms with Crippen LogP contribution >= 0.6 is 23.2 Å². The van der Waals surface area contributed by atoms with Crippen LogP contribution in [0.1, 0.15) is 49.4 Å². The van der Waals surface area contributed by atoms with Gasteiger partial charge in [-0.3, -0.25) is 9.69 Å². The minimum Gasteiger partial charge on any atom is -0.334 e. The molecule has 0 radical (unpaired) electrons. The second-order valence-corrected chi connectivity index (χ2v) is 7.27. The SMILES string of the molecule is CN(C)C(C)(NC(=O)c1ccc(Cl)c(Cl)c1)C1CCCCC1. The van der Waals surface area contributed by atoms with Crippen LogP contribution in [0.2, 0.25) is 10.0 Å². The Morgan fingerprint density at radius 3 is 2.36 bits per heavy atom. The first-order chi connectivity index (χ1) is 10.3. The smallest absolute Gasteiger partial charge is 0.252 e. The zero-order valence-electron chi connectivity index (χ0n) is 13.5. The molecule has 3 nitrogen and oxygen atoms in total. The fourth-order valence-electron chi connectivity index (χ4n) is 3.18. The quantitative estimate of drug-likeness (QED) is 0.812. The van der Waals surface area contributed by atoms with Gasteiger partial charge >= 0.3 is 0 Å². The van der Waals surface area contributed by atoms with Gasteiger partial charge in [0.15, 0.2) is 0 Å². The Balaban J connectivity index is 2.19. The molecular weight excluding hydrogens is 319 g/mol. The van der Waals surface area contributed by atoms with Crippen molar-refractivity contribution in [2.45, 2.75) is 44.7 Å². The number of hydrogen-bond donors (Lipinski definition) is 1. The monoisotopic (exact) mass is 342 g/mol. The summed E-state index contributed by atoms with van der Waals surface area (Å²) < 4.78 is 0. The third-order valence-electron chi connectivity index (χ3n) is 4.88. The average molecular weight is 343 g/mol. The molecule has 1 aromatic rings. The van der Waals surface area contributed by atoms with Crippen LogP contribution in [0.25, 0.3) is 0 Å². The largest absolute Gasteiger partial charge is 0.334 e. The molecule has 1 fully saturated rings. The molecule has 1 atom stereocenters. The highest BCUT2D eigenvalue weighted by molar-refractivity contribution is 6.42. The Labute approximate surface area is 143 Å². The fraction of sp³-hybridized carbons (Fsp3) is 0.588. The summed E-state index contributed by atoms with van der Waals surface area (Å²) in [4.78, 5) is 14.7. The predicted molar refractivity (Wildman–Crippen MR) is 92.6 cm³/mol. The summed E-state index contributed by atoms with van der Waals surface area (Å²) in [7, 11) is 4.04. The molecule has 0 heterocycles. The lowest BCUT2D eigenvalue weighted by Gasteiger charge is -2.45. The standard InChI is InChI=1S/C17H24Cl2N2O/c1-17(21(2)3,13-7-5-4-6-8-13)20-16(22)12-9-10-14(18)15(19)11-12/h9-11,13H,4-8H2,1-3H3,(H,20,22). The second-order valence-electron chi connectivity index (χ2n) is 6.46. The van der Waals surface area contributed by atoms with Crippen molar-refractivity contribution in [2.24, 2.45) is 5.92 Å². The van der Waals surface area contributed by atoms with E-state index in [2.05, 4.69) is 17.1 Å². The van der Waals surface area contributed by atoms with Gasteiger partial charge in [0.1, 0.15) is 0 Å². The lowest BCUT2D eigenvalue weighted by Crippen LogP contribution is -2.60. The van der Waals surface area contributed by atoms with Crippen LogP contribution in [0.4, 0.5) is 0 Å². The van der Waals surface area contributed by atoms with E-state index in [1.165, 1.54) is 19.3 Å². The van der Waals surface area contributed by atoms with E-state index in [0.717, 1.165) is 12.8 Å². The van der Waals surface area contributed by atoms with Gasteiger partial charge < -0.3 is 5.32 Å². The molecule has 0 saturated heterocycles. The lowest BCUT2D eigenvalue weighted by molar-refractivity contribution is 0.0336. The van der Waals surface area contributed by atoms with Gasteiger partial charge in [-0.25, -0.2) is 0 Å². The number of carbonyl (C=O) groups is 1. The maximum Gasteiger partial charge on any atom is 0.252 e. The average Bonchev–Trinajstić information content (AvgIpc) is 2.50. The maximum atomic E-state index is 12.6. The van der Waals surface area contributed by atoms with Gasteiger partial charge in [-0.05, 0) is 58.0 Å². The Morgan fingerprint density at radius 2 is 1.82 bits per heavy atom. The van der Waals surface area contributed by atoms with Crippen molar-refractivity contribution in [3.05, 3.63) is 33.8 Å². The van der Waals surface area contributed by atoms with E-state index in [9.17, 15) is 4.79 Å². The third-order valence-corrected chi connectivity index (χ3v) is 5.62. The number of amides is 1. The molecule has 122 valence electrons. The second kappa shape index (κ2) is 7.20. The summed E-state index contributed by atoms with van der Waals surface area (Å²) in [6, 6.07) is 4.99. The summed E-state index contributed by atoms with van der Waals surface area (Å²) in [5.41, 5.74) is 0.183. The summed E-state index contributed by atoms with van der Waals surface area (Å²) in [5.74, 6) is 0.350. The zero-order chi connectivity index (χ0) is 16.3. The Bertz CT molecular complexity index is 541. The van der Waals surface area contributed by atoms with Gasteiger partial charge in [-0.15, -0.1) is 0 Å². The van der Waals surface area contributed by atoms with Gasteiger partial charge in [0, 0.05) is 5.56 Å². The summed E-state index contributed by atoms with van der Waals surface area (Å²) in [6.45, 7) is 2.11. The van der Waals surface area contributed by atoms with Crippen molar-refractivity contribution in [3.63, 3.8) is 0 Å². The number of nitrogens with one attached hydrogen (secondary N) is 1. The van der Waals surface area contributed by atoms with Crippen molar-refractivity contribution in [1.82, 2.24) is 10.2 Å². The van der Waals surface area contributed by atoms with Crippen LogP contribution in [-0.2, 0) is 0 Å². The van der Waals surface area contributed by atoms with Crippen molar-refractivity contribution in [2.75, 3.05) is 14.1 Å². The van der Waals surface area contributed by atoms with Crippen molar-refractivity contribution in [1.29, 1.82) is 0 Å². The van der Waals surface area contributed by atoms with Crippen LogP contribution in [0.5, 0.6) is 0 Å². The van der Waals surface area contributed by atoms with E-state index in [0.29, 0.717) is 21.5 Å². The summed E-state index contributed by atoms with van der Waals surface area (Å²) >= 11 is 11.9. The molecule has 1 aromatic carbocycles. The molecule has 2 rings (SSSR count). The summed E-state index contributed by atoms with van der Waals surface area (Å²) in [6.07, 6.45) is 6.06. The minimum atomic E-state index is -0.358. The molecule has 0 bridgehead atoms. The molecule has 1 amide bonds. The van der Waals surface area contributed by atoms with Gasteiger partial charge in [-0.2, -0.15) is 0 Å². The molecule has 1 N–H and O–H groups in total. The Hall–Kier alpha value is -0.770. The first kappa shape index (κ1) is 17.6. The Morgan fingerprint density at radius 1 is 1.18 bits per heavy atom. The number of benzene rings is 1. The number of rotatable bonds is 4. The van der Waals surface area contributed by atoms with E-state index in [1.807, 2.05) is 14.1 Å². The van der Waals surface area contributed by atoms with E-state index in [1.54, 1.807) is 18.2 Å². The van der Waals surface area contributed by atoms with Gasteiger partial charge in [0.25, 0.3) is 5.91 Å². The molecule has 5 heteroatoms. The van der Waals surface area contributed by atoms with Gasteiger partial charge in [0.05, 0.1) is 15.7 Å². The Kier molecular flexibility index (Phi) is 5.76. The molecule has 1 unspecified atom stereocenters. The molecular formula is C17H24Cl2N2O. The molecule has 0 aromatic heterocycles. The van der Waals surface area contributed by atoms with Gasteiger partial charge in [0.2, 0.25) is 0 Å². The van der Waals surface area contributed by atoms with E-state index in [-0.39, 0.29) is 11.6 Å². The molecule has 22 heavy (non-hydrogen) atoms. The highest BCUT2D eigenvalue weighted by atomic mass is 35.5. The maximum absolute atomic E-state index is 12.6. The third kappa shape index (κ3) is 3.76. The van der Waals surface area contributed by atoms with Crippen LogP contribution < -0.4 is 5.32 Å². The number of halogens is 2. The zero-order valence-corrected chi connectivity index (χ0v) is 15.0. The number of hydrogen-bond acceptors (Lipinski definition) is 2. The van der Waals surface area contributed by atoms with Crippen molar-refractivity contribution >= 4 is 29.1 Å². The molecule has 1 aliphatic carbocycles. The van der Waals surface area contributed by atoms with E-state index >= 15 is 0 Å². The minimum absolute atomic E-state index is 0.111. The first-order valence-corrected chi connectivity index (χ1v) is 8.55. The highest BCUT2D eigenvalue weighted by Gasteiger charge is 2.38. The lowest BCUT2D eigenvalue weighted by atomic mass is 9.79. The first-order valence-electron chi connectivity index (χ1n) is 7.79. The number of nitrogens with zero attached hydrogens (tertiary/aromatic N) is 1. The fourth-order valence-corrected chi connectivity index (χ4v) is 3.48. The van der Waals surface area contributed by atoms with Crippen LogP contribution in [-0.4, -0.2) is 30.6 Å². The topological polar surface area (TPSA) is 32.3 Å². The van der Waals surface area contributed by atoms with Gasteiger partial charge in [-0.1, -0.05) is 42.5 Å². The van der Waals surface area contributed by atoms with E-state index < -0.39 is 0 Å². The summed E-state index contributed by atoms with van der Waals surface area (Å²) in [5, 5.41) is 4.07. The van der Waals surface area contributed by atoms with Crippen molar-refractivity contribution < 1.29 is 4.79 Å². The van der Waals surface area contributed by atoms with Crippen LogP contribution in [0.3, 0.4) is 0 Å².